The second-order valence-electron chi connectivity index (χ2n) is 8.65. The van der Waals surface area contributed by atoms with Gasteiger partial charge in [0.25, 0.3) is 0 Å². The molecule has 0 fully saturated rings. The van der Waals surface area contributed by atoms with Crippen molar-refractivity contribution in [2.45, 2.75) is 39.0 Å². The van der Waals surface area contributed by atoms with E-state index in [0.717, 1.165) is 31.0 Å². The molecule has 3 aromatic carbocycles. The van der Waals surface area contributed by atoms with Gasteiger partial charge < -0.3 is 4.74 Å². The summed E-state index contributed by atoms with van der Waals surface area (Å²) in [6, 6.07) is 10.9. The zero-order valence-electron chi connectivity index (χ0n) is 20.2. The molecule has 0 unspecified atom stereocenters. The Morgan fingerprint density at radius 1 is 0.784 bits per heavy atom. The minimum atomic E-state index is -1.56. The molecule has 0 atom stereocenters. The molecule has 2 nitrogen and oxygen atoms in total. The molecule has 1 heterocycles. The van der Waals surface area contributed by atoms with Crippen molar-refractivity contribution in [3.05, 3.63) is 106 Å². The maximum atomic E-state index is 14.7. The number of rotatable bonds is 8. The van der Waals surface area contributed by atoms with E-state index in [2.05, 4.69) is 23.7 Å². The van der Waals surface area contributed by atoms with E-state index in [-0.39, 0.29) is 16.3 Å². The molecule has 190 valence electrons. The summed E-state index contributed by atoms with van der Waals surface area (Å²) in [5.41, 5.74) is 1.09. The average molecular weight is 510 g/mol. The van der Waals surface area contributed by atoms with Crippen LogP contribution in [0.15, 0.2) is 54.7 Å². The summed E-state index contributed by atoms with van der Waals surface area (Å²) >= 11 is 0. The van der Waals surface area contributed by atoms with Crippen molar-refractivity contribution in [2.75, 3.05) is 6.61 Å². The van der Waals surface area contributed by atoms with Crippen LogP contribution >= 0.6 is 0 Å². The van der Waals surface area contributed by atoms with Gasteiger partial charge in [-0.1, -0.05) is 37.7 Å². The highest BCUT2D eigenvalue weighted by molar-refractivity contribution is 5.84. The first-order valence-corrected chi connectivity index (χ1v) is 12.0. The first-order chi connectivity index (χ1) is 17.9. The predicted octanol–water partition coefficient (Wildman–Crippen LogP) is 7.68. The van der Waals surface area contributed by atoms with Crippen LogP contribution in [0.1, 0.15) is 48.6 Å². The fourth-order valence-electron chi connectivity index (χ4n) is 3.87. The summed E-state index contributed by atoms with van der Waals surface area (Å²) in [6.07, 6.45) is 5.73. The van der Waals surface area contributed by atoms with E-state index in [4.69, 9.17) is 4.74 Å². The van der Waals surface area contributed by atoms with E-state index >= 15 is 0 Å². The number of hydrogen-bond donors (Lipinski definition) is 0. The molecule has 0 aliphatic rings. The van der Waals surface area contributed by atoms with E-state index in [1.165, 1.54) is 30.3 Å². The Bertz CT molecular complexity index is 1450. The van der Waals surface area contributed by atoms with Crippen molar-refractivity contribution >= 4 is 10.8 Å². The first-order valence-electron chi connectivity index (χ1n) is 12.0. The summed E-state index contributed by atoms with van der Waals surface area (Å²) in [4.78, 5) is 4.35. The zero-order valence-corrected chi connectivity index (χ0v) is 20.2. The normalized spacial score (nSPS) is 10.9. The van der Waals surface area contributed by atoms with Gasteiger partial charge in [0.15, 0.2) is 17.5 Å². The van der Waals surface area contributed by atoms with Crippen LogP contribution in [-0.2, 0) is 12.8 Å². The van der Waals surface area contributed by atoms with Crippen LogP contribution in [0.5, 0.6) is 5.75 Å². The van der Waals surface area contributed by atoms with Gasteiger partial charge in [0.1, 0.15) is 17.4 Å². The minimum Gasteiger partial charge on any atom is -0.492 e. The van der Waals surface area contributed by atoms with Gasteiger partial charge in [0, 0.05) is 16.6 Å². The Labute approximate surface area is 212 Å². The molecule has 37 heavy (non-hydrogen) atoms. The molecule has 4 rings (SSSR count). The highest BCUT2D eigenvalue weighted by atomic mass is 19.2. The van der Waals surface area contributed by atoms with Crippen LogP contribution in [-0.4, -0.2) is 11.6 Å². The van der Waals surface area contributed by atoms with Gasteiger partial charge in [0.05, 0.1) is 18.4 Å². The third-order valence-corrected chi connectivity index (χ3v) is 5.89. The molecule has 7 heteroatoms. The second kappa shape index (κ2) is 11.9. The lowest BCUT2D eigenvalue weighted by molar-refractivity contribution is 0.305. The Balaban J connectivity index is 1.43. The molecule has 0 bridgehead atoms. The number of halogens is 5. The van der Waals surface area contributed by atoms with Gasteiger partial charge in [-0.05, 0) is 72.7 Å². The third-order valence-electron chi connectivity index (χ3n) is 5.89. The van der Waals surface area contributed by atoms with Gasteiger partial charge in [-0.25, -0.2) is 22.0 Å². The number of nitrogens with zero attached hydrogens (tertiary/aromatic N) is 1. The van der Waals surface area contributed by atoms with Crippen molar-refractivity contribution in [3.63, 3.8) is 0 Å². The SMILES string of the molecule is CCCCCOc1ccc(CCc2cc(F)c(C#Cc3ccc4c(F)c(F)c(F)cc4c3)c(F)c2)nc1. The van der Waals surface area contributed by atoms with E-state index < -0.39 is 34.6 Å². The molecule has 0 spiro atoms. The van der Waals surface area contributed by atoms with Crippen molar-refractivity contribution in [1.82, 2.24) is 4.98 Å². The van der Waals surface area contributed by atoms with Gasteiger partial charge in [-0.15, -0.1) is 0 Å². The van der Waals surface area contributed by atoms with Crippen LogP contribution in [0, 0.1) is 40.9 Å². The van der Waals surface area contributed by atoms with Gasteiger partial charge in [0.2, 0.25) is 0 Å². The Morgan fingerprint density at radius 3 is 2.27 bits per heavy atom. The smallest absolute Gasteiger partial charge is 0.195 e. The van der Waals surface area contributed by atoms with Gasteiger partial charge in [-0.2, -0.15) is 0 Å². The maximum Gasteiger partial charge on any atom is 0.195 e. The molecular weight excluding hydrogens is 485 g/mol. The Kier molecular flexibility index (Phi) is 8.39. The van der Waals surface area contributed by atoms with Crippen LogP contribution < -0.4 is 4.74 Å². The Hall–Kier alpha value is -3.92. The van der Waals surface area contributed by atoms with Crippen molar-refractivity contribution in [1.29, 1.82) is 0 Å². The highest BCUT2D eigenvalue weighted by Crippen LogP contribution is 2.24. The first kappa shape index (κ1) is 26.2. The molecule has 0 amide bonds. The van der Waals surface area contributed by atoms with Crippen LogP contribution in [0.3, 0.4) is 0 Å². The number of ether oxygens (including phenoxy) is 1. The predicted molar refractivity (Wildman–Crippen MR) is 133 cm³/mol. The number of fused-ring (bicyclic) bond motifs is 1. The number of unbranched alkanes of at least 4 members (excludes halogenated alkanes) is 2. The number of pyridine rings is 1. The number of aromatic nitrogens is 1. The van der Waals surface area contributed by atoms with Crippen LogP contribution in [0.2, 0.25) is 0 Å². The van der Waals surface area contributed by atoms with Crippen molar-refractivity contribution in [2.24, 2.45) is 0 Å². The molecule has 1 aromatic heterocycles. The number of benzene rings is 3. The monoisotopic (exact) mass is 509 g/mol. The lowest BCUT2D eigenvalue weighted by Crippen LogP contribution is -2.00. The summed E-state index contributed by atoms with van der Waals surface area (Å²) in [5, 5.41) is -0.0287. The average Bonchev–Trinajstić information content (AvgIpc) is 2.89. The van der Waals surface area contributed by atoms with E-state index in [0.29, 0.717) is 30.8 Å². The lowest BCUT2D eigenvalue weighted by atomic mass is 10.0. The topological polar surface area (TPSA) is 22.1 Å². The largest absolute Gasteiger partial charge is 0.492 e. The lowest BCUT2D eigenvalue weighted by Gasteiger charge is -2.07. The summed E-state index contributed by atoms with van der Waals surface area (Å²) in [5.74, 6) is -0.0809. The van der Waals surface area contributed by atoms with Crippen molar-refractivity contribution in [3.8, 4) is 17.6 Å². The summed E-state index contributed by atoms with van der Waals surface area (Å²) in [6.45, 7) is 2.76. The quantitative estimate of drug-likeness (QED) is 0.105. The number of hydrogen-bond acceptors (Lipinski definition) is 2. The zero-order chi connectivity index (χ0) is 26.4. The second-order valence-corrected chi connectivity index (χ2v) is 8.65. The van der Waals surface area contributed by atoms with Gasteiger partial charge >= 0.3 is 0 Å². The summed E-state index contributed by atoms with van der Waals surface area (Å²) in [7, 11) is 0. The molecule has 0 aliphatic carbocycles. The molecule has 4 aromatic rings. The number of aryl methyl sites for hydroxylation is 2. The van der Waals surface area contributed by atoms with Crippen LogP contribution in [0.4, 0.5) is 22.0 Å². The minimum absolute atomic E-state index is 0.0872. The fourth-order valence-corrected chi connectivity index (χ4v) is 3.87. The van der Waals surface area contributed by atoms with E-state index in [9.17, 15) is 22.0 Å². The Morgan fingerprint density at radius 2 is 1.57 bits per heavy atom. The highest BCUT2D eigenvalue weighted by Gasteiger charge is 2.14. The molecule has 0 saturated carbocycles. The maximum absolute atomic E-state index is 14.7. The van der Waals surface area contributed by atoms with E-state index in [1.54, 1.807) is 6.20 Å². The summed E-state index contributed by atoms with van der Waals surface area (Å²) < 4.78 is 75.8. The molecule has 0 radical (unpaired) electrons. The molecular formula is C30H24F5NO. The molecule has 0 saturated heterocycles. The fraction of sp³-hybridized carbons (Fsp3) is 0.233. The van der Waals surface area contributed by atoms with Crippen LogP contribution in [0.25, 0.3) is 10.8 Å². The van der Waals surface area contributed by atoms with E-state index in [1.807, 2.05) is 12.1 Å². The third kappa shape index (κ3) is 6.45. The van der Waals surface area contributed by atoms with Crippen molar-refractivity contribution < 1.29 is 26.7 Å². The standard InChI is InChI=1S/C30H24F5NO/c1-2-3-4-13-37-23-10-9-22(36-18-23)8-5-20-15-26(31)25(27(32)16-20)12-7-19-6-11-24-21(14-19)17-28(33)30(35)29(24)34/h6,9-11,14-18H,2-5,8,13H2,1H3. The van der Waals surface area contributed by atoms with Gasteiger partial charge in [-0.3, -0.25) is 4.98 Å². The molecule has 0 aliphatic heterocycles. The molecule has 0 N–H and O–H groups in total.